The molecule has 0 bridgehead atoms. The molecule has 0 aromatic heterocycles. The second-order valence-electron chi connectivity index (χ2n) is 3.52. The van der Waals surface area contributed by atoms with Gasteiger partial charge in [0.05, 0.1) is 11.0 Å². The van der Waals surface area contributed by atoms with Crippen molar-refractivity contribution in [1.82, 2.24) is 0 Å². The van der Waals surface area contributed by atoms with Crippen LogP contribution in [-0.4, -0.2) is 16.1 Å². The molecule has 0 amide bonds. The van der Waals surface area contributed by atoms with Crippen LogP contribution in [0.1, 0.15) is 26.7 Å². The van der Waals surface area contributed by atoms with Crippen LogP contribution in [0.3, 0.4) is 0 Å². The van der Waals surface area contributed by atoms with Gasteiger partial charge in [0.15, 0.2) is 0 Å². The molecule has 1 unspecified atom stereocenters. The molecule has 12 heavy (non-hydrogen) atoms. The summed E-state index contributed by atoms with van der Waals surface area (Å²) < 4.78 is 0. The predicted octanol–water partition coefficient (Wildman–Crippen LogP) is 2.89. The number of rotatable bonds is 5. The Balaban J connectivity index is 3.79. The van der Waals surface area contributed by atoms with Crippen molar-refractivity contribution in [2.45, 2.75) is 37.7 Å². The zero-order valence-corrected chi connectivity index (χ0v) is 8.56. The fourth-order valence-corrected chi connectivity index (χ4v) is 0.877. The van der Waals surface area contributed by atoms with Crippen LogP contribution in [0.5, 0.6) is 0 Å². The van der Waals surface area contributed by atoms with Gasteiger partial charge in [-0.05, 0) is 26.7 Å². The third-order valence-corrected chi connectivity index (χ3v) is 2.53. The zero-order chi connectivity index (χ0) is 9.78. The van der Waals surface area contributed by atoms with Crippen molar-refractivity contribution in [2.75, 3.05) is 0 Å². The molecule has 0 radical (unpaired) electrons. The lowest BCUT2D eigenvalue weighted by atomic mass is 9.99. The van der Waals surface area contributed by atoms with Gasteiger partial charge in [0.2, 0.25) is 0 Å². The van der Waals surface area contributed by atoms with E-state index in [2.05, 4.69) is 13.2 Å². The van der Waals surface area contributed by atoms with E-state index in [0.717, 1.165) is 18.4 Å². The minimum absolute atomic E-state index is 0.228. The minimum atomic E-state index is -0.816. The summed E-state index contributed by atoms with van der Waals surface area (Å²) >= 11 is 5.93. The van der Waals surface area contributed by atoms with Crippen molar-refractivity contribution >= 4 is 11.6 Å². The SMILES string of the molecule is C=CC(=C)CCC(Cl)C(C)(C)O. The van der Waals surface area contributed by atoms with Crippen molar-refractivity contribution in [2.24, 2.45) is 0 Å². The van der Waals surface area contributed by atoms with Crippen LogP contribution in [-0.2, 0) is 0 Å². The summed E-state index contributed by atoms with van der Waals surface area (Å²) in [5.41, 5.74) is 0.146. The highest BCUT2D eigenvalue weighted by Gasteiger charge is 2.23. The van der Waals surface area contributed by atoms with E-state index in [4.69, 9.17) is 11.6 Å². The van der Waals surface area contributed by atoms with E-state index in [1.807, 2.05) is 0 Å². The molecule has 1 atom stereocenters. The van der Waals surface area contributed by atoms with Crippen LogP contribution in [0.4, 0.5) is 0 Å². The van der Waals surface area contributed by atoms with Crippen LogP contribution < -0.4 is 0 Å². The van der Waals surface area contributed by atoms with Crippen molar-refractivity contribution in [3.8, 4) is 0 Å². The molecule has 0 saturated heterocycles. The molecule has 0 aliphatic carbocycles. The maximum Gasteiger partial charge on any atom is 0.0754 e. The Labute approximate surface area is 79.7 Å². The number of hydrogen-bond donors (Lipinski definition) is 1. The summed E-state index contributed by atoms with van der Waals surface area (Å²) in [5, 5.41) is 9.26. The lowest BCUT2D eigenvalue weighted by molar-refractivity contribution is 0.0731. The fraction of sp³-hybridized carbons (Fsp3) is 0.600. The average Bonchev–Trinajstić information content (AvgIpc) is 1.97. The van der Waals surface area contributed by atoms with E-state index in [1.54, 1.807) is 19.9 Å². The first-order chi connectivity index (χ1) is 5.38. The molecule has 0 saturated carbocycles. The molecule has 0 rings (SSSR count). The molecule has 2 heteroatoms. The lowest BCUT2D eigenvalue weighted by Crippen LogP contribution is -2.31. The van der Waals surface area contributed by atoms with E-state index >= 15 is 0 Å². The number of aliphatic hydroxyl groups is 1. The highest BCUT2D eigenvalue weighted by Crippen LogP contribution is 2.21. The van der Waals surface area contributed by atoms with E-state index in [1.165, 1.54) is 0 Å². The normalized spacial score (nSPS) is 14.0. The van der Waals surface area contributed by atoms with Crippen LogP contribution in [0.25, 0.3) is 0 Å². The van der Waals surface area contributed by atoms with Gasteiger partial charge in [-0.1, -0.05) is 24.8 Å². The molecule has 70 valence electrons. The third kappa shape index (κ3) is 4.58. The average molecular weight is 189 g/mol. The molecule has 0 aromatic rings. The van der Waals surface area contributed by atoms with Crippen molar-refractivity contribution in [3.05, 3.63) is 24.8 Å². The van der Waals surface area contributed by atoms with Gasteiger partial charge in [0.25, 0.3) is 0 Å². The Kier molecular flexibility index (Phi) is 4.58. The van der Waals surface area contributed by atoms with E-state index < -0.39 is 5.60 Å². The molecule has 0 aliphatic rings. The summed E-state index contributed by atoms with van der Waals surface area (Å²) in [5.74, 6) is 0. The van der Waals surface area contributed by atoms with Gasteiger partial charge >= 0.3 is 0 Å². The molecule has 1 N–H and O–H groups in total. The van der Waals surface area contributed by atoms with Crippen molar-refractivity contribution < 1.29 is 5.11 Å². The third-order valence-electron chi connectivity index (χ3n) is 1.77. The second kappa shape index (κ2) is 4.68. The summed E-state index contributed by atoms with van der Waals surface area (Å²) in [7, 11) is 0. The highest BCUT2D eigenvalue weighted by molar-refractivity contribution is 6.21. The number of halogens is 1. The molecule has 0 heterocycles. The maximum absolute atomic E-state index is 9.48. The second-order valence-corrected chi connectivity index (χ2v) is 4.05. The molecule has 1 nitrogen and oxygen atoms in total. The Morgan fingerprint density at radius 1 is 1.67 bits per heavy atom. The predicted molar refractivity (Wildman–Crippen MR) is 54.5 cm³/mol. The topological polar surface area (TPSA) is 20.2 Å². The van der Waals surface area contributed by atoms with Gasteiger partial charge in [-0.2, -0.15) is 0 Å². The Bertz CT molecular complexity index is 167. The summed E-state index contributed by atoms with van der Waals surface area (Å²) in [6, 6.07) is 0. The van der Waals surface area contributed by atoms with Gasteiger partial charge in [0, 0.05) is 0 Å². The molecule has 0 aliphatic heterocycles. The van der Waals surface area contributed by atoms with E-state index in [0.29, 0.717) is 0 Å². The minimum Gasteiger partial charge on any atom is -0.389 e. The van der Waals surface area contributed by atoms with E-state index in [-0.39, 0.29) is 5.38 Å². The molecule has 0 spiro atoms. The maximum atomic E-state index is 9.48. The molecule has 0 fully saturated rings. The van der Waals surface area contributed by atoms with Gasteiger partial charge in [-0.3, -0.25) is 0 Å². The van der Waals surface area contributed by atoms with Crippen molar-refractivity contribution in [3.63, 3.8) is 0 Å². The van der Waals surface area contributed by atoms with Crippen LogP contribution in [0.15, 0.2) is 24.8 Å². The Hall–Kier alpha value is -0.270. The van der Waals surface area contributed by atoms with E-state index in [9.17, 15) is 5.11 Å². The van der Waals surface area contributed by atoms with Gasteiger partial charge in [-0.15, -0.1) is 11.6 Å². The fourth-order valence-electron chi connectivity index (χ4n) is 0.767. The standard InChI is InChI=1S/C10H17ClO/c1-5-8(2)6-7-9(11)10(3,4)12/h5,9,12H,1-2,6-7H2,3-4H3. The largest absolute Gasteiger partial charge is 0.389 e. The first-order valence-corrected chi connectivity index (χ1v) is 4.48. The lowest BCUT2D eigenvalue weighted by Gasteiger charge is -2.23. The van der Waals surface area contributed by atoms with Crippen LogP contribution in [0.2, 0.25) is 0 Å². The van der Waals surface area contributed by atoms with Crippen molar-refractivity contribution in [1.29, 1.82) is 0 Å². The number of alkyl halides is 1. The quantitative estimate of drug-likeness (QED) is 0.520. The van der Waals surface area contributed by atoms with Gasteiger partial charge in [0.1, 0.15) is 0 Å². The molecular formula is C10H17ClO. The Morgan fingerprint density at radius 3 is 2.50 bits per heavy atom. The summed E-state index contributed by atoms with van der Waals surface area (Å²) in [6.07, 6.45) is 3.24. The first kappa shape index (κ1) is 11.7. The van der Waals surface area contributed by atoms with Gasteiger partial charge in [-0.25, -0.2) is 0 Å². The Morgan fingerprint density at radius 2 is 2.17 bits per heavy atom. The first-order valence-electron chi connectivity index (χ1n) is 4.04. The summed E-state index contributed by atoms with van der Waals surface area (Å²) in [6.45, 7) is 10.8. The number of hydrogen-bond acceptors (Lipinski definition) is 1. The number of allylic oxidation sites excluding steroid dienone is 2. The highest BCUT2D eigenvalue weighted by atomic mass is 35.5. The van der Waals surface area contributed by atoms with Crippen LogP contribution in [0, 0.1) is 0 Å². The summed E-state index contributed by atoms with van der Waals surface area (Å²) in [4.78, 5) is 0. The molecule has 0 aromatic carbocycles. The molecular weight excluding hydrogens is 172 g/mol. The van der Waals surface area contributed by atoms with Gasteiger partial charge < -0.3 is 5.11 Å². The monoisotopic (exact) mass is 188 g/mol. The zero-order valence-electron chi connectivity index (χ0n) is 7.81. The van der Waals surface area contributed by atoms with Crippen LogP contribution >= 0.6 is 11.6 Å². The smallest absolute Gasteiger partial charge is 0.0754 e.